The topological polar surface area (TPSA) is 80.9 Å². The zero-order valence-electron chi connectivity index (χ0n) is 31.1. The molecule has 2 saturated carbocycles. The van der Waals surface area contributed by atoms with Gasteiger partial charge in [0.2, 0.25) is 0 Å². The van der Waals surface area contributed by atoms with Crippen molar-refractivity contribution in [3.05, 3.63) is 64.4 Å². The van der Waals surface area contributed by atoms with Gasteiger partial charge in [0.05, 0.1) is 41.1 Å². The van der Waals surface area contributed by atoms with Gasteiger partial charge in [-0.15, -0.1) is 0 Å². The lowest BCUT2D eigenvalue weighted by Crippen LogP contribution is -2.62. The molecule has 1 aromatic heterocycles. The zero-order chi connectivity index (χ0) is 37.0. The minimum absolute atomic E-state index is 0.0197. The molecule has 9 heteroatoms. The zero-order valence-corrected chi connectivity index (χ0v) is 31.1. The number of nitrogens with zero attached hydrogens (tertiary/aromatic N) is 1. The number of hydrogen-bond acceptors (Lipinski definition) is 5. The maximum atomic E-state index is 14.8. The quantitative estimate of drug-likeness (QED) is 0.240. The summed E-state index contributed by atoms with van der Waals surface area (Å²) in [4.78, 5) is 14.8. The van der Waals surface area contributed by atoms with E-state index in [1.165, 1.54) is 11.3 Å². The van der Waals surface area contributed by atoms with Crippen LogP contribution in [-0.2, 0) is 21.3 Å². The number of carbonyl (C=O) groups is 1. The highest BCUT2D eigenvalue weighted by atomic mass is 19.4. The van der Waals surface area contributed by atoms with E-state index in [1.54, 1.807) is 6.08 Å². The Labute approximate surface area is 298 Å². The van der Waals surface area contributed by atoms with Crippen LogP contribution in [0.5, 0.6) is 0 Å². The Morgan fingerprint density at radius 1 is 1.12 bits per heavy atom. The predicted molar refractivity (Wildman–Crippen MR) is 191 cm³/mol. The van der Waals surface area contributed by atoms with E-state index in [0.29, 0.717) is 23.5 Å². The molecule has 51 heavy (non-hydrogen) atoms. The minimum Gasteiger partial charge on any atom is -0.392 e. The third-order valence-corrected chi connectivity index (χ3v) is 14.6. The molecule has 2 aliphatic heterocycles. The Morgan fingerprint density at radius 2 is 1.82 bits per heavy atom. The summed E-state index contributed by atoms with van der Waals surface area (Å²) in [7, 11) is 0. The fourth-order valence-electron chi connectivity index (χ4n) is 12.6. The summed E-state index contributed by atoms with van der Waals surface area (Å²) >= 11 is 0. The molecule has 6 aliphatic rings. The Morgan fingerprint density at radius 3 is 2.49 bits per heavy atom. The maximum absolute atomic E-state index is 14.8. The molecule has 0 bridgehead atoms. The van der Waals surface area contributed by atoms with E-state index in [2.05, 4.69) is 44.1 Å². The molecule has 0 amide bonds. The second-order valence-corrected chi connectivity index (χ2v) is 18.4. The van der Waals surface area contributed by atoms with Gasteiger partial charge in [0.25, 0.3) is 0 Å². The molecular formula is C42H52F3NO5. The van der Waals surface area contributed by atoms with Gasteiger partial charge in [-0.3, -0.25) is 4.79 Å². The molecule has 2 fully saturated rings. The summed E-state index contributed by atoms with van der Waals surface area (Å²) in [5.74, 6) is 0.0234. The van der Waals surface area contributed by atoms with Crippen molar-refractivity contribution < 1.29 is 37.7 Å². The lowest BCUT2D eigenvalue weighted by molar-refractivity contribution is -0.171. The molecule has 4 aliphatic carbocycles. The summed E-state index contributed by atoms with van der Waals surface area (Å²) in [5, 5.41) is 24.8. The van der Waals surface area contributed by atoms with Crippen molar-refractivity contribution in [2.75, 3.05) is 13.2 Å². The standard InChI is InChI=1S/C42H52F3NO5/c1-21(2)32-35(49)30-29-23(26-19-37(3,4)51-38(5,6)31(26)34(29)48)18-24-25-17-22-11-12-27-39(7,14-10-16-50-20-42(43,44)45)28(47)13-15-40(27,8)41(22,9)36(25)46(32)33(24)30/h10,14,18-19,22,27-28,31-32,34,47-48H,1,11-13,15-17,20H2,2-9H3/b14-10+/t22?,27-,28-,31?,32-,34+,39-,40-,41+/m0/s1. The number of ketones is 1. The van der Waals surface area contributed by atoms with Crippen LogP contribution in [0, 0.1) is 28.6 Å². The Kier molecular flexibility index (Phi) is 7.41. The highest BCUT2D eigenvalue weighted by molar-refractivity contribution is 6.18. The molecule has 8 rings (SSSR count). The van der Waals surface area contributed by atoms with Crippen molar-refractivity contribution in [1.82, 2.24) is 4.57 Å². The summed E-state index contributed by atoms with van der Waals surface area (Å²) < 4.78 is 52.0. The average Bonchev–Trinajstić information content (AvgIpc) is 3.67. The number of halogens is 3. The van der Waals surface area contributed by atoms with Crippen molar-refractivity contribution in [3.8, 4) is 0 Å². The molecule has 2 aromatic rings. The van der Waals surface area contributed by atoms with Crippen molar-refractivity contribution in [1.29, 1.82) is 0 Å². The van der Waals surface area contributed by atoms with Crippen LogP contribution in [0.4, 0.5) is 13.2 Å². The van der Waals surface area contributed by atoms with Gasteiger partial charge < -0.3 is 24.3 Å². The van der Waals surface area contributed by atoms with Crippen LogP contribution >= 0.6 is 0 Å². The molecule has 0 saturated heterocycles. The Hall–Kier alpha value is -2.72. The smallest absolute Gasteiger partial charge is 0.392 e. The highest BCUT2D eigenvalue weighted by Gasteiger charge is 2.67. The Bertz CT molecular complexity index is 1950. The van der Waals surface area contributed by atoms with Crippen molar-refractivity contribution in [2.45, 2.75) is 129 Å². The average molecular weight is 708 g/mol. The third-order valence-electron chi connectivity index (χ3n) is 14.6. The van der Waals surface area contributed by atoms with Gasteiger partial charge in [-0.2, -0.15) is 13.2 Å². The SMILES string of the molecule is C=C(C)[C@H]1C(=O)c2c3c(cc4c5c(n1c24)[C@@]1(C)C(CC[C@H]2[C@](C)(/C=C/COCC(F)(F)F)[C@@H](O)CC[C@@]21C)C5)C1=CC(C)(C)OC(C)(C)C1[C@@H]3O. The molecular weight excluding hydrogens is 655 g/mol. The molecule has 3 heterocycles. The molecule has 2 unspecified atom stereocenters. The second-order valence-electron chi connectivity index (χ2n) is 18.4. The van der Waals surface area contributed by atoms with Crippen molar-refractivity contribution in [2.24, 2.45) is 28.6 Å². The van der Waals surface area contributed by atoms with E-state index in [-0.39, 0.29) is 35.1 Å². The minimum atomic E-state index is -4.40. The number of Topliss-reactive ketones (excluding diaryl/α,β-unsaturated/α-hetero) is 1. The maximum Gasteiger partial charge on any atom is 0.411 e. The van der Waals surface area contributed by atoms with E-state index in [9.17, 15) is 28.2 Å². The number of aromatic nitrogens is 1. The van der Waals surface area contributed by atoms with Gasteiger partial charge >= 0.3 is 6.18 Å². The Balaban J connectivity index is 1.30. The van der Waals surface area contributed by atoms with Crippen LogP contribution in [0.25, 0.3) is 16.5 Å². The van der Waals surface area contributed by atoms with E-state index in [1.807, 2.05) is 40.7 Å². The van der Waals surface area contributed by atoms with E-state index < -0.39 is 47.7 Å². The summed E-state index contributed by atoms with van der Waals surface area (Å²) in [6.45, 7) is 19.7. The van der Waals surface area contributed by atoms with Crippen molar-refractivity contribution in [3.63, 3.8) is 0 Å². The number of carbonyl (C=O) groups excluding carboxylic acids is 1. The first-order chi connectivity index (χ1) is 23.6. The van der Waals surface area contributed by atoms with Crippen LogP contribution in [0.1, 0.15) is 126 Å². The number of allylic oxidation sites excluding steroid dienone is 1. The van der Waals surface area contributed by atoms with Crippen LogP contribution in [0.2, 0.25) is 0 Å². The van der Waals surface area contributed by atoms with Gasteiger partial charge in [0.15, 0.2) is 5.78 Å². The van der Waals surface area contributed by atoms with Crippen molar-refractivity contribution >= 4 is 22.3 Å². The summed E-state index contributed by atoms with van der Waals surface area (Å²) in [6.07, 6.45) is 3.79. The second kappa shape index (κ2) is 10.7. The first kappa shape index (κ1) is 35.3. The van der Waals surface area contributed by atoms with Crippen LogP contribution < -0.4 is 0 Å². The lowest BCUT2D eigenvalue weighted by atomic mass is 9.40. The molecule has 0 radical (unpaired) electrons. The number of hydrogen-bond donors (Lipinski definition) is 2. The lowest BCUT2D eigenvalue weighted by Gasteiger charge is -2.64. The fourth-order valence-corrected chi connectivity index (χ4v) is 12.6. The van der Waals surface area contributed by atoms with Gasteiger partial charge in [-0.1, -0.05) is 45.1 Å². The largest absolute Gasteiger partial charge is 0.411 e. The monoisotopic (exact) mass is 707 g/mol. The van der Waals surface area contributed by atoms with Crippen LogP contribution in [-0.4, -0.2) is 57.3 Å². The first-order valence-corrected chi connectivity index (χ1v) is 18.6. The van der Waals surface area contributed by atoms with Crippen LogP contribution in [0.15, 0.2) is 36.4 Å². The normalized spacial score (nSPS) is 38.8. The number of rotatable bonds is 5. The molecule has 0 spiro atoms. The van der Waals surface area contributed by atoms with Gasteiger partial charge in [-0.05, 0) is 113 Å². The fraction of sp³-hybridized carbons (Fsp3) is 0.643. The number of aliphatic hydroxyl groups excluding tert-OH is 2. The first-order valence-electron chi connectivity index (χ1n) is 18.6. The molecule has 2 N–H and O–H groups in total. The van der Waals surface area contributed by atoms with E-state index in [4.69, 9.17) is 9.47 Å². The third kappa shape index (κ3) is 4.53. The highest BCUT2D eigenvalue weighted by Crippen LogP contribution is 2.71. The summed E-state index contributed by atoms with van der Waals surface area (Å²) in [6, 6.07) is 1.66. The van der Waals surface area contributed by atoms with Gasteiger partial charge in [-0.25, -0.2) is 0 Å². The van der Waals surface area contributed by atoms with Gasteiger partial charge in [0.1, 0.15) is 12.6 Å². The van der Waals surface area contributed by atoms with Crippen LogP contribution in [0.3, 0.4) is 0 Å². The number of ether oxygens (including phenoxy) is 2. The summed E-state index contributed by atoms with van der Waals surface area (Å²) in [5.41, 5.74) is 4.90. The van der Waals surface area contributed by atoms with E-state index in [0.717, 1.165) is 53.3 Å². The molecule has 6 nitrogen and oxygen atoms in total. The van der Waals surface area contributed by atoms with Gasteiger partial charge in [0, 0.05) is 33.4 Å². The number of aliphatic hydroxyl groups is 2. The number of benzene rings is 1. The van der Waals surface area contributed by atoms with E-state index >= 15 is 0 Å². The molecule has 9 atom stereocenters. The molecule has 276 valence electrons. The number of alkyl halides is 3. The predicted octanol–water partition coefficient (Wildman–Crippen LogP) is 8.73. The number of fused-ring (bicyclic) bond motifs is 11. The molecule has 1 aromatic carbocycles.